The summed E-state index contributed by atoms with van der Waals surface area (Å²) >= 11 is 0. The van der Waals surface area contributed by atoms with E-state index < -0.39 is 0 Å². The van der Waals surface area contributed by atoms with Crippen molar-refractivity contribution in [2.45, 2.75) is 25.8 Å². The standard InChI is InChI=1S/C7H14N2O/c1-5-2-3-9-7(10)6(8)4-5/h5-6H,2-4,8H2,1H3,(H,9,10)/t5-,6+/m1/s1. The van der Waals surface area contributed by atoms with E-state index in [4.69, 9.17) is 5.73 Å². The molecule has 0 aromatic carbocycles. The van der Waals surface area contributed by atoms with Crippen LogP contribution in [0.5, 0.6) is 0 Å². The second kappa shape index (κ2) is 3.01. The number of carbonyl (C=O) groups excluding carboxylic acids is 1. The second-order valence-electron chi connectivity index (χ2n) is 3.03. The fourth-order valence-corrected chi connectivity index (χ4v) is 1.23. The van der Waals surface area contributed by atoms with Crippen molar-refractivity contribution in [3.05, 3.63) is 0 Å². The van der Waals surface area contributed by atoms with E-state index in [2.05, 4.69) is 12.2 Å². The highest BCUT2D eigenvalue weighted by Crippen LogP contribution is 2.11. The monoisotopic (exact) mass is 142 g/mol. The Morgan fingerprint density at radius 3 is 3.10 bits per heavy atom. The predicted molar refractivity (Wildman–Crippen MR) is 39.4 cm³/mol. The van der Waals surface area contributed by atoms with Crippen LogP contribution in [0.3, 0.4) is 0 Å². The van der Waals surface area contributed by atoms with Gasteiger partial charge >= 0.3 is 0 Å². The Hall–Kier alpha value is -0.570. The van der Waals surface area contributed by atoms with Gasteiger partial charge in [-0.05, 0) is 18.8 Å². The zero-order chi connectivity index (χ0) is 7.56. The van der Waals surface area contributed by atoms with E-state index in [-0.39, 0.29) is 11.9 Å². The van der Waals surface area contributed by atoms with E-state index in [1.165, 1.54) is 0 Å². The molecule has 3 nitrogen and oxygen atoms in total. The first kappa shape index (κ1) is 7.54. The topological polar surface area (TPSA) is 55.1 Å². The molecule has 1 rings (SSSR count). The Bertz CT molecular complexity index is 136. The van der Waals surface area contributed by atoms with E-state index in [0.29, 0.717) is 5.92 Å². The molecule has 58 valence electrons. The molecule has 1 saturated heterocycles. The van der Waals surface area contributed by atoms with Gasteiger partial charge in [0.25, 0.3) is 0 Å². The van der Waals surface area contributed by atoms with Gasteiger partial charge in [0.05, 0.1) is 6.04 Å². The average Bonchev–Trinajstić information content (AvgIpc) is 1.96. The summed E-state index contributed by atoms with van der Waals surface area (Å²) in [6.07, 6.45) is 1.88. The molecule has 0 bridgehead atoms. The number of carbonyl (C=O) groups is 1. The third-order valence-electron chi connectivity index (χ3n) is 1.93. The van der Waals surface area contributed by atoms with Crippen LogP contribution in [0.4, 0.5) is 0 Å². The Kier molecular flexibility index (Phi) is 2.27. The Morgan fingerprint density at radius 1 is 1.70 bits per heavy atom. The van der Waals surface area contributed by atoms with Crippen LogP contribution < -0.4 is 11.1 Å². The number of hydrogen-bond donors (Lipinski definition) is 2. The first-order valence-corrected chi connectivity index (χ1v) is 3.73. The van der Waals surface area contributed by atoms with E-state index >= 15 is 0 Å². The van der Waals surface area contributed by atoms with Gasteiger partial charge in [0.15, 0.2) is 0 Å². The summed E-state index contributed by atoms with van der Waals surface area (Å²) in [5, 5.41) is 2.76. The van der Waals surface area contributed by atoms with Crippen molar-refractivity contribution < 1.29 is 4.79 Å². The van der Waals surface area contributed by atoms with Crippen molar-refractivity contribution >= 4 is 5.91 Å². The smallest absolute Gasteiger partial charge is 0.236 e. The van der Waals surface area contributed by atoms with Crippen LogP contribution in [-0.4, -0.2) is 18.5 Å². The lowest BCUT2D eigenvalue weighted by atomic mass is 10.0. The quantitative estimate of drug-likeness (QED) is 0.494. The molecule has 2 atom stereocenters. The van der Waals surface area contributed by atoms with Gasteiger partial charge in [0.2, 0.25) is 5.91 Å². The molecule has 0 aliphatic carbocycles. The zero-order valence-electron chi connectivity index (χ0n) is 6.26. The SMILES string of the molecule is C[C@@H]1CCNC(=O)[C@@H](N)C1. The maximum Gasteiger partial charge on any atom is 0.236 e. The van der Waals surface area contributed by atoms with Crippen LogP contribution in [0.2, 0.25) is 0 Å². The Labute approximate surface area is 61.0 Å². The number of nitrogens with one attached hydrogen (secondary N) is 1. The maximum absolute atomic E-state index is 10.9. The van der Waals surface area contributed by atoms with Gasteiger partial charge in [-0.3, -0.25) is 4.79 Å². The van der Waals surface area contributed by atoms with Crippen LogP contribution >= 0.6 is 0 Å². The summed E-state index contributed by atoms with van der Waals surface area (Å²) in [5.41, 5.74) is 5.56. The van der Waals surface area contributed by atoms with E-state index in [9.17, 15) is 4.79 Å². The van der Waals surface area contributed by atoms with Crippen molar-refractivity contribution in [3.8, 4) is 0 Å². The zero-order valence-corrected chi connectivity index (χ0v) is 6.26. The molecule has 0 spiro atoms. The molecule has 1 amide bonds. The fraction of sp³-hybridized carbons (Fsp3) is 0.857. The van der Waals surface area contributed by atoms with Gasteiger partial charge in [0.1, 0.15) is 0 Å². The van der Waals surface area contributed by atoms with Crippen LogP contribution in [0.1, 0.15) is 19.8 Å². The third kappa shape index (κ3) is 1.70. The van der Waals surface area contributed by atoms with Crippen LogP contribution in [0.25, 0.3) is 0 Å². The molecular formula is C7H14N2O. The lowest BCUT2D eigenvalue weighted by Gasteiger charge is -2.08. The molecule has 0 saturated carbocycles. The lowest BCUT2D eigenvalue weighted by molar-refractivity contribution is -0.122. The average molecular weight is 142 g/mol. The van der Waals surface area contributed by atoms with Crippen molar-refractivity contribution in [2.75, 3.05) is 6.54 Å². The minimum absolute atomic E-state index is 0.00403. The number of hydrogen-bond acceptors (Lipinski definition) is 2. The van der Waals surface area contributed by atoms with Crippen molar-refractivity contribution in [1.82, 2.24) is 5.32 Å². The summed E-state index contributed by atoms with van der Waals surface area (Å²) in [6.45, 7) is 2.91. The molecular weight excluding hydrogens is 128 g/mol. The van der Waals surface area contributed by atoms with Gasteiger partial charge in [0, 0.05) is 6.54 Å². The molecule has 0 unspecified atom stereocenters. The number of amides is 1. The summed E-state index contributed by atoms with van der Waals surface area (Å²) in [5.74, 6) is 0.582. The minimum Gasteiger partial charge on any atom is -0.355 e. The summed E-state index contributed by atoms with van der Waals surface area (Å²) in [4.78, 5) is 10.9. The van der Waals surface area contributed by atoms with Crippen molar-refractivity contribution in [1.29, 1.82) is 0 Å². The highest BCUT2D eigenvalue weighted by atomic mass is 16.2. The molecule has 1 aliphatic rings. The highest BCUT2D eigenvalue weighted by Gasteiger charge is 2.19. The Balaban J connectivity index is 2.49. The lowest BCUT2D eigenvalue weighted by Crippen LogP contribution is -2.38. The molecule has 1 aliphatic heterocycles. The van der Waals surface area contributed by atoms with Gasteiger partial charge in [-0.1, -0.05) is 6.92 Å². The maximum atomic E-state index is 10.9. The second-order valence-corrected chi connectivity index (χ2v) is 3.03. The number of rotatable bonds is 0. The van der Waals surface area contributed by atoms with Gasteiger partial charge in [-0.2, -0.15) is 0 Å². The summed E-state index contributed by atoms with van der Waals surface area (Å²) in [7, 11) is 0. The molecule has 1 heterocycles. The molecule has 0 aromatic heterocycles. The molecule has 3 N–H and O–H groups in total. The van der Waals surface area contributed by atoms with Crippen LogP contribution in [0, 0.1) is 5.92 Å². The van der Waals surface area contributed by atoms with Crippen molar-refractivity contribution in [3.63, 3.8) is 0 Å². The van der Waals surface area contributed by atoms with Crippen LogP contribution in [0.15, 0.2) is 0 Å². The molecule has 0 aromatic rings. The van der Waals surface area contributed by atoms with Gasteiger partial charge in [-0.15, -0.1) is 0 Å². The number of nitrogens with two attached hydrogens (primary N) is 1. The van der Waals surface area contributed by atoms with Gasteiger partial charge in [-0.25, -0.2) is 0 Å². The summed E-state index contributed by atoms with van der Waals surface area (Å²) in [6, 6.07) is -0.280. The Morgan fingerprint density at radius 2 is 2.40 bits per heavy atom. The minimum atomic E-state index is -0.280. The highest BCUT2D eigenvalue weighted by molar-refractivity contribution is 5.81. The van der Waals surface area contributed by atoms with Gasteiger partial charge < -0.3 is 11.1 Å². The predicted octanol–water partition coefficient (Wildman–Crippen LogP) is -0.140. The normalized spacial score (nSPS) is 34.8. The third-order valence-corrected chi connectivity index (χ3v) is 1.93. The molecule has 0 radical (unpaired) electrons. The van der Waals surface area contributed by atoms with Crippen LogP contribution in [-0.2, 0) is 4.79 Å². The molecule has 1 fully saturated rings. The summed E-state index contributed by atoms with van der Waals surface area (Å²) < 4.78 is 0. The van der Waals surface area contributed by atoms with E-state index in [1.807, 2.05) is 0 Å². The van der Waals surface area contributed by atoms with E-state index in [0.717, 1.165) is 19.4 Å². The van der Waals surface area contributed by atoms with Crippen molar-refractivity contribution in [2.24, 2.45) is 11.7 Å². The van der Waals surface area contributed by atoms with E-state index in [1.54, 1.807) is 0 Å². The first-order chi connectivity index (χ1) is 4.70. The molecule has 10 heavy (non-hydrogen) atoms. The largest absolute Gasteiger partial charge is 0.355 e. The fourth-order valence-electron chi connectivity index (χ4n) is 1.23. The first-order valence-electron chi connectivity index (χ1n) is 3.73. The molecule has 3 heteroatoms.